The van der Waals surface area contributed by atoms with Crippen molar-refractivity contribution in [3.8, 4) is 5.75 Å². The third kappa shape index (κ3) is 8.63. The summed E-state index contributed by atoms with van der Waals surface area (Å²) in [4.78, 5) is 11.6. The molecule has 21 heavy (non-hydrogen) atoms. The van der Waals surface area contributed by atoms with Crippen LogP contribution in [0.25, 0.3) is 0 Å². The van der Waals surface area contributed by atoms with E-state index in [1.807, 2.05) is 26.0 Å². The summed E-state index contributed by atoms with van der Waals surface area (Å²) in [5, 5.41) is 11.5. The lowest BCUT2D eigenvalue weighted by atomic mass is 10.1. The Kier molecular flexibility index (Phi) is 8.94. The Morgan fingerprint density at radius 2 is 1.95 bits per heavy atom. The number of aryl methyl sites for hydroxylation is 2. The van der Waals surface area contributed by atoms with Gasteiger partial charge in [0.05, 0.1) is 13.0 Å². The van der Waals surface area contributed by atoms with Gasteiger partial charge in [0.1, 0.15) is 5.75 Å². The van der Waals surface area contributed by atoms with Crippen LogP contribution >= 0.6 is 11.8 Å². The first-order valence-corrected chi connectivity index (χ1v) is 8.43. The lowest BCUT2D eigenvalue weighted by Crippen LogP contribution is -2.27. The number of rotatable bonds is 10. The van der Waals surface area contributed by atoms with Crippen LogP contribution in [0.2, 0.25) is 0 Å². The van der Waals surface area contributed by atoms with E-state index in [1.54, 1.807) is 11.8 Å². The van der Waals surface area contributed by atoms with Crippen molar-refractivity contribution in [3.05, 3.63) is 29.3 Å². The molecule has 0 heterocycles. The Bertz CT molecular complexity index is 417. The Morgan fingerprint density at radius 3 is 2.62 bits per heavy atom. The smallest absolute Gasteiger partial charge is 0.223 e. The van der Waals surface area contributed by atoms with Crippen molar-refractivity contribution < 1.29 is 14.6 Å². The van der Waals surface area contributed by atoms with E-state index < -0.39 is 0 Å². The number of carbonyl (C=O) groups excluding carboxylic acids is 1. The molecule has 0 aliphatic heterocycles. The minimum atomic E-state index is 0.0159. The molecule has 0 spiro atoms. The zero-order valence-electron chi connectivity index (χ0n) is 12.9. The molecule has 0 aliphatic rings. The van der Waals surface area contributed by atoms with Gasteiger partial charge in [-0.15, -0.1) is 0 Å². The zero-order valence-corrected chi connectivity index (χ0v) is 13.7. The van der Waals surface area contributed by atoms with Crippen LogP contribution in [0.15, 0.2) is 18.2 Å². The summed E-state index contributed by atoms with van der Waals surface area (Å²) in [6, 6.07) is 6.04. The molecule has 0 aliphatic carbocycles. The second-order valence-corrected chi connectivity index (χ2v) is 6.19. The van der Waals surface area contributed by atoms with Crippen LogP contribution < -0.4 is 10.1 Å². The molecule has 0 atom stereocenters. The largest absolute Gasteiger partial charge is 0.493 e. The maximum atomic E-state index is 11.6. The Morgan fingerprint density at radius 1 is 1.24 bits per heavy atom. The zero-order chi connectivity index (χ0) is 15.5. The summed E-state index contributed by atoms with van der Waals surface area (Å²) in [7, 11) is 0. The maximum Gasteiger partial charge on any atom is 0.223 e. The second kappa shape index (κ2) is 10.5. The molecule has 1 amide bonds. The predicted molar refractivity (Wildman–Crippen MR) is 88.1 cm³/mol. The van der Waals surface area contributed by atoms with Gasteiger partial charge < -0.3 is 15.2 Å². The highest BCUT2D eigenvalue weighted by Crippen LogP contribution is 2.16. The average molecular weight is 311 g/mol. The molecular weight excluding hydrogens is 286 g/mol. The normalized spacial score (nSPS) is 10.4. The number of hydrogen-bond donors (Lipinski definition) is 2. The summed E-state index contributed by atoms with van der Waals surface area (Å²) in [6.45, 7) is 5.35. The van der Waals surface area contributed by atoms with Gasteiger partial charge in [-0.3, -0.25) is 4.79 Å². The van der Waals surface area contributed by atoms with Gasteiger partial charge in [0, 0.05) is 18.9 Å². The van der Waals surface area contributed by atoms with Crippen LogP contribution in [0, 0.1) is 13.8 Å². The Balaban J connectivity index is 2.10. The van der Waals surface area contributed by atoms with Crippen LogP contribution in [0.5, 0.6) is 5.75 Å². The molecule has 1 rings (SSSR count). The third-order valence-electron chi connectivity index (χ3n) is 2.81. The summed E-state index contributed by atoms with van der Waals surface area (Å²) in [5.41, 5.74) is 2.32. The minimum Gasteiger partial charge on any atom is -0.493 e. The van der Waals surface area contributed by atoms with Crippen molar-refractivity contribution in [1.29, 1.82) is 0 Å². The number of aliphatic hydroxyl groups excluding tert-OH is 1. The van der Waals surface area contributed by atoms with E-state index in [2.05, 4.69) is 11.4 Å². The fourth-order valence-corrected chi connectivity index (χ4v) is 2.68. The van der Waals surface area contributed by atoms with Gasteiger partial charge in [-0.1, -0.05) is 6.07 Å². The van der Waals surface area contributed by atoms with Crippen molar-refractivity contribution in [3.63, 3.8) is 0 Å². The molecule has 0 aromatic heterocycles. The lowest BCUT2D eigenvalue weighted by molar-refractivity contribution is -0.121. The topological polar surface area (TPSA) is 58.6 Å². The van der Waals surface area contributed by atoms with E-state index in [0.717, 1.165) is 34.8 Å². The summed E-state index contributed by atoms with van der Waals surface area (Å²) >= 11 is 1.74. The van der Waals surface area contributed by atoms with E-state index in [9.17, 15) is 4.79 Å². The number of thioether (sulfide) groups is 1. The van der Waals surface area contributed by atoms with Gasteiger partial charge in [0.15, 0.2) is 0 Å². The molecular formula is C16H25NO3S. The first kappa shape index (κ1) is 17.9. The van der Waals surface area contributed by atoms with Gasteiger partial charge in [-0.2, -0.15) is 11.8 Å². The summed E-state index contributed by atoms with van der Waals surface area (Å²) in [5.74, 6) is 2.65. The number of hydrogen-bond acceptors (Lipinski definition) is 4. The number of aliphatic hydroxyl groups is 1. The van der Waals surface area contributed by atoms with E-state index in [0.29, 0.717) is 19.6 Å². The van der Waals surface area contributed by atoms with Gasteiger partial charge >= 0.3 is 0 Å². The highest BCUT2D eigenvalue weighted by atomic mass is 32.2. The van der Waals surface area contributed by atoms with Crippen LogP contribution in [0.4, 0.5) is 0 Å². The Hall–Kier alpha value is -1.20. The number of ether oxygens (including phenoxy) is 1. The first-order valence-electron chi connectivity index (χ1n) is 7.28. The number of amides is 1. The third-order valence-corrected chi connectivity index (χ3v) is 3.88. The molecule has 0 fully saturated rings. The van der Waals surface area contributed by atoms with Gasteiger partial charge in [0.25, 0.3) is 0 Å². The number of carbonyl (C=O) groups is 1. The molecule has 1 aromatic rings. The predicted octanol–water partition coefficient (Wildman–Crippen LogP) is 2.30. The molecule has 0 saturated heterocycles. The molecule has 5 heteroatoms. The molecule has 0 radical (unpaired) electrons. The molecule has 1 aromatic carbocycles. The highest BCUT2D eigenvalue weighted by molar-refractivity contribution is 7.99. The summed E-state index contributed by atoms with van der Waals surface area (Å²) in [6.07, 6.45) is 1.18. The van der Waals surface area contributed by atoms with Crippen LogP contribution in [-0.2, 0) is 4.79 Å². The molecule has 2 N–H and O–H groups in total. The number of nitrogens with one attached hydrogen (secondary N) is 1. The average Bonchev–Trinajstić information content (AvgIpc) is 2.41. The molecule has 4 nitrogen and oxygen atoms in total. The maximum absolute atomic E-state index is 11.6. The van der Waals surface area contributed by atoms with Gasteiger partial charge in [-0.25, -0.2) is 0 Å². The minimum absolute atomic E-state index is 0.0159. The van der Waals surface area contributed by atoms with Crippen LogP contribution in [0.1, 0.15) is 24.0 Å². The molecule has 118 valence electrons. The van der Waals surface area contributed by atoms with Gasteiger partial charge in [-0.05, 0) is 49.3 Å². The van der Waals surface area contributed by atoms with Crippen molar-refractivity contribution in [2.24, 2.45) is 0 Å². The van der Waals surface area contributed by atoms with Crippen molar-refractivity contribution in [2.75, 3.05) is 31.3 Å². The van der Waals surface area contributed by atoms with Crippen molar-refractivity contribution in [1.82, 2.24) is 5.32 Å². The van der Waals surface area contributed by atoms with E-state index >= 15 is 0 Å². The van der Waals surface area contributed by atoms with Crippen molar-refractivity contribution in [2.45, 2.75) is 26.7 Å². The fraction of sp³-hybridized carbons (Fsp3) is 0.562. The van der Waals surface area contributed by atoms with Crippen molar-refractivity contribution >= 4 is 17.7 Å². The SMILES string of the molecule is Cc1cc(C)cc(OCCC(=O)NCCSCCCO)c1. The monoisotopic (exact) mass is 311 g/mol. The lowest BCUT2D eigenvalue weighted by Gasteiger charge is -2.09. The van der Waals surface area contributed by atoms with E-state index in [-0.39, 0.29) is 12.5 Å². The van der Waals surface area contributed by atoms with Crippen LogP contribution in [0.3, 0.4) is 0 Å². The quantitative estimate of drug-likeness (QED) is 0.651. The van der Waals surface area contributed by atoms with Crippen LogP contribution in [-0.4, -0.2) is 42.3 Å². The standard InChI is InChI=1S/C16H25NO3S/c1-13-10-14(2)12-15(11-13)20-7-4-16(19)17-5-9-21-8-3-6-18/h10-12,18H,3-9H2,1-2H3,(H,17,19). The Labute approximate surface area is 131 Å². The molecule has 0 unspecified atom stereocenters. The summed E-state index contributed by atoms with van der Waals surface area (Å²) < 4.78 is 5.60. The number of benzene rings is 1. The van der Waals surface area contributed by atoms with E-state index in [4.69, 9.17) is 9.84 Å². The fourth-order valence-electron chi connectivity index (χ4n) is 1.90. The molecule has 0 saturated carbocycles. The first-order chi connectivity index (χ1) is 10.1. The highest BCUT2D eigenvalue weighted by Gasteiger charge is 2.02. The second-order valence-electron chi connectivity index (χ2n) is 4.96. The van der Waals surface area contributed by atoms with E-state index in [1.165, 1.54) is 0 Å². The molecule has 0 bridgehead atoms. The van der Waals surface area contributed by atoms with Gasteiger partial charge in [0.2, 0.25) is 5.91 Å².